The first-order valence-electron chi connectivity index (χ1n) is 9.60. The first-order valence-corrected chi connectivity index (χ1v) is 9.60. The first-order chi connectivity index (χ1) is 13.8. The van der Waals surface area contributed by atoms with Crippen molar-refractivity contribution >= 4 is 17.6 Å². The van der Waals surface area contributed by atoms with Crippen LogP contribution in [0.4, 0.5) is 5.69 Å². The van der Waals surface area contributed by atoms with Crippen molar-refractivity contribution in [1.82, 2.24) is 0 Å². The largest absolute Gasteiger partial charge is 0.489 e. The van der Waals surface area contributed by atoms with Crippen LogP contribution in [0.3, 0.4) is 0 Å². The summed E-state index contributed by atoms with van der Waals surface area (Å²) in [6.45, 7) is 6.33. The number of nitrogens with one attached hydrogen (secondary N) is 1. The number of rotatable bonds is 5. The van der Waals surface area contributed by atoms with Gasteiger partial charge in [-0.1, -0.05) is 13.8 Å². The number of nitriles is 1. The number of esters is 1. The molecule has 1 atom stereocenters. The summed E-state index contributed by atoms with van der Waals surface area (Å²) in [7, 11) is 0. The molecule has 0 aliphatic carbocycles. The van der Waals surface area contributed by atoms with Crippen LogP contribution >= 0.6 is 0 Å². The van der Waals surface area contributed by atoms with Gasteiger partial charge in [0.2, 0.25) is 0 Å². The fourth-order valence-electron chi connectivity index (χ4n) is 3.56. The van der Waals surface area contributed by atoms with Crippen molar-refractivity contribution in [3.8, 4) is 11.8 Å². The fourth-order valence-corrected chi connectivity index (χ4v) is 3.56. The Morgan fingerprint density at radius 3 is 2.62 bits per heavy atom. The van der Waals surface area contributed by atoms with Crippen molar-refractivity contribution in [1.29, 1.82) is 5.26 Å². The molecule has 0 saturated heterocycles. The van der Waals surface area contributed by atoms with Gasteiger partial charge in [-0.2, -0.15) is 5.26 Å². The van der Waals surface area contributed by atoms with Gasteiger partial charge in [-0.05, 0) is 61.2 Å². The molecule has 1 heterocycles. The SMILES string of the molecule is CCOC(=O)CC1CC(C)(C)c2cc(NC(=O)c3ccc(C#N)cc3)ccc2O1. The Hall–Kier alpha value is -3.33. The predicted octanol–water partition coefficient (Wildman–Crippen LogP) is 4.19. The molecule has 1 unspecified atom stereocenters. The molecule has 0 radical (unpaired) electrons. The summed E-state index contributed by atoms with van der Waals surface area (Å²) in [6, 6.07) is 14.0. The zero-order valence-electron chi connectivity index (χ0n) is 16.8. The number of benzene rings is 2. The van der Waals surface area contributed by atoms with Gasteiger partial charge in [-0.15, -0.1) is 0 Å². The van der Waals surface area contributed by atoms with Crippen LogP contribution in [0.15, 0.2) is 42.5 Å². The van der Waals surface area contributed by atoms with Gasteiger partial charge in [0.25, 0.3) is 5.91 Å². The lowest BCUT2D eigenvalue weighted by atomic mass is 9.76. The molecule has 0 spiro atoms. The summed E-state index contributed by atoms with van der Waals surface area (Å²) in [6.07, 6.45) is 0.648. The van der Waals surface area contributed by atoms with Crippen molar-refractivity contribution in [2.24, 2.45) is 0 Å². The second-order valence-electron chi connectivity index (χ2n) is 7.69. The minimum absolute atomic E-state index is 0.216. The zero-order valence-corrected chi connectivity index (χ0v) is 16.8. The summed E-state index contributed by atoms with van der Waals surface area (Å²) in [5.41, 5.74) is 2.41. The fraction of sp³-hybridized carbons (Fsp3) is 0.348. The van der Waals surface area contributed by atoms with Gasteiger partial charge in [0, 0.05) is 16.8 Å². The van der Waals surface area contributed by atoms with Crippen molar-refractivity contribution in [2.75, 3.05) is 11.9 Å². The zero-order chi connectivity index (χ0) is 21.0. The minimum Gasteiger partial charge on any atom is -0.489 e. The highest BCUT2D eigenvalue weighted by Gasteiger charge is 2.35. The van der Waals surface area contributed by atoms with Gasteiger partial charge in [0.15, 0.2) is 0 Å². The molecule has 1 amide bonds. The van der Waals surface area contributed by atoms with E-state index in [1.807, 2.05) is 18.2 Å². The highest BCUT2D eigenvalue weighted by atomic mass is 16.5. The number of fused-ring (bicyclic) bond motifs is 1. The molecule has 0 saturated carbocycles. The molecule has 150 valence electrons. The standard InChI is InChI=1S/C23H24N2O4/c1-4-28-21(26)12-18-13-23(2,3)19-11-17(9-10-20(19)29-18)25-22(27)16-7-5-15(14-24)6-8-16/h5-11,18H,4,12-13H2,1-3H3,(H,25,27). The highest BCUT2D eigenvalue weighted by Crippen LogP contribution is 2.42. The molecule has 29 heavy (non-hydrogen) atoms. The third-order valence-corrected chi connectivity index (χ3v) is 4.97. The second-order valence-corrected chi connectivity index (χ2v) is 7.69. The third kappa shape index (κ3) is 4.75. The van der Waals surface area contributed by atoms with E-state index in [4.69, 9.17) is 14.7 Å². The summed E-state index contributed by atoms with van der Waals surface area (Å²) >= 11 is 0. The van der Waals surface area contributed by atoms with Gasteiger partial charge in [0.05, 0.1) is 24.7 Å². The number of carbonyl (C=O) groups excluding carboxylic acids is 2. The van der Waals surface area contributed by atoms with Crippen LogP contribution in [0.5, 0.6) is 5.75 Å². The van der Waals surface area contributed by atoms with Crippen molar-refractivity contribution in [2.45, 2.75) is 45.1 Å². The quantitative estimate of drug-likeness (QED) is 0.771. The lowest BCUT2D eigenvalue weighted by Gasteiger charge is -2.37. The molecule has 2 aromatic carbocycles. The molecule has 1 aliphatic rings. The Kier molecular flexibility index (Phi) is 5.88. The monoisotopic (exact) mass is 392 g/mol. The summed E-state index contributed by atoms with van der Waals surface area (Å²) < 4.78 is 11.0. The van der Waals surface area contributed by atoms with Crippen molar-refractivity contribution in [3.63, 3.8) is 0 Å². The van der Waals surface area contributed by atoms with Crippen LogP contribution in [0.25, 0.3) is 0 Å². The lowest BCUT2D eigenvalue weighted by molar-refractivity contribution is -0.145. The smallest absolute Gasteiger partial charge is 0.309 e. The maximum absolute atomic E-state index is 12.5. The number of anilines is 1. The average Bonchev–Trinajstić information content (AvgIpc) is 2.68. The Morgan fingerprint density at radius 1 is 1.24 bits per heavy atom. The van der Waals surface area contributed by atoms with Gasteiger partial charge >= 0.3 is 5.97 Å². The van der Waals surface area contributed by atoms with Crippen LogP contribution in [-0.2, 0) is 14.9 Å². The van der Waals surface area contributed by atoms with Gasteiger partial charge in [0.1, 0.15) is 11.9 Å². The van der Waals surface area contributed by atoms with Gasteiger partial charge in [-0.25, -0.2) is 0 Å². The molecule has 3 rings (SSSR count). The maximum Gasteiger partial charge on any atom is 0.309 e. The van der Waals surface area contributed by atoms with Gasteiger partial charge in [-0.3, -0.25) is 9.59 Å². The number of nitrogens with zero attached hydrogens (tertiary/aromatic N) is 1. The van der Waals surface area contributed by atoms with Crippen LogP contribution in [-0.4, -0.2) is 24.6 Å². The normalized spacial score (nSPS) is 16.7. The lowest BCUT2D eigenvalue weighted by Crippen LogP contribution is -2.36. The van der Waals surface area contributed by atoms with E-state index in [9.17, 15) is 9.59 Å². The summed E-state index contributed by atoms with van der Waals surface area (Å²) in [5, 5.41) is 11.8. The number of ether oxygens (including phenoxy) is 2. The van der Waals surface area contributed by atoms with Gasteiger partial charge < -0.3 is 14.8 Å². The van der Waals surface area contributed by atoms with E-state index in [0.29, 0.717) is 35.6 Å². The third-order valence-electron chi connectivity index (χ3n) is 4.97. The molecular formula is C23H24N2O4. The maximum atomic E-state index is 12.5. The van der Waals surface area contributed by atoms with E-state index in [1.165, 1.54) is 0 Å². The predicted molar refractivity (Wildman–Crippen MR) is 109 cm³/mol. The summed E-state index contributed by atoms with van der Waals surface area (Å²) in [4.78, 5) is 24.3. The highest BCUT2D eigenvalue weighted by molar-refractivity contribution is 6.04. The van der Waals surface area contributed by atoms with E-state index >= 15 is 0 Å². The van der Waals surface area contributed by atoms with Crippen LogP contribution in [0, 0.1) is 11.3 Å². The number of hydrogen-bond donors (Lipinski definition) is 1. The average molecular weight is 392 g/mol. The minimum atomic E-state index is -0.261. The molecule has 2 aromatic rings. The molecule has 6 nitrogen and oxygen atoms in total. The van der Waals surface area contributed by atoms with E-state index in [-0.39, 0.29) is 29.8 Å². The van der Waals surface area contributed by atoms with E-state index < -0.39 is 0 Å². The Balaban J connectivity index is 1.75. The van der Waals surface area contributed by atoms with Crippen molar-refractivity contribution < 1.29 is 19.1 Å². The number of carbonyl (C=O) groups is 2. The van der Waals surface area contributed by atoms with E-state index in [1.54, 1.807) is 37.3 Å². The van der Waals surface area contributed by atoms with Crippen LogP contribution in [0.2, 0.25) is 0 Å². The second kappa shape index (κ2) is 8.36. The first kappa shape index (κ1) is 20.4. The molecule has 1 N–H and O–H groups in total. The van der Waals surface area contributed by atoms with Crippen molar-refractivity contribution in [3.05, 3.63) is 59.2 Å². The van der Waals surface area contributed by atoms with E-state index in [0.717, 1.165) is 5.56 Å². The molecular weight excluding hydrogens is 368 g/mol. The molecule has 0 aromatic heterocycles. The number of hydrogen-bond acceptors (Lipinski definition) is 5. The molecule has 6 heteroatoms. The Labute approximate surface area is 170 Å². The Bertz CT molecular complexity index is 958. The van der Waals surface area contributed by atoms with Crippen LogP contribution < -0.4 is 10.1 Å². The number of amides is 1. The molecule has 0 bridgehead atoms. The Morgan fingerprint density at radius 2 is 1.97 bits per heavy atom. The van der Waals surface area contributed by atoms with E-state index in [2.05, 4.69) is 19.2 Å². The van der Waals surface area contributed by atoms with Crippen LogP contribution in [0.1, 0.15) is 55.1 Å². The molecule has 1 aliphatic heterocycles. The summed E-state index contributed by atoms with van der Waals surface area (Å²) in [5.74, 6) is 0.208. The molecule has 0 fully saturated rings. The topological polar surface area (TPSA) is 88.4 Å².